The molecule has 0 fully saturated rings. The predicted molar refractivity (Wildman–Crippen MR) is 345 cm³/mol. The Hall–Kier alpha value is -10.7. The number of benzene rings is 10. The Morgan fingerprint density at radius 1 is 0.313 bits per heavy atom. The molecule has 83 heavy (non-hydrogen) atoms. The highest BCUT2D eigenvalue weighted by atomic mass is 15.2. The molecule has 14 rings (SSSR count). The minimum Gasteiger partial charge on any atom is -0.345 e. The molecule has 12 aromatic rings. The van der Waals surface area contributed by atoms with Crippen molar-refractivity contribution >= 4 is 85.5 Å². The third kappa shape index (κ3) is 10.1. The maximum atomic E-state index is 4.60. The Labute approximate surface area is 484 Å². The van der Waals surface area contributed by atoms with Crippen LogP contribution in [0.1, 0.15) is 35.1 Å². The normalized spacial score (nSPS) is 12.3. The van der Waals surface area contributed by atoms with E-state index in [1.165, 1.54) is 27.6 Å². The number of hydrogen-bond donors (Lipinski definition) is 0. The number of aryl methyl sites for hydroxylation is 2. The van der Waals surface area contributed by atoms with E-state index in [4.69, 9.17) is 0 Å². The summed E-state index contributed by atoms with van der Waals surface area (Å²) >= 11 is 0. The van der Waals surface area contributed by atoms with Crippen LogP contribution in [-0.2, 0) is 12.8 Å². The molecule has 398 valence electrons. The fourth-order valence-electron chi connectivity index (χ4n) is 11.8. The molecule has 0 spiro atoms. The second-order valence-electron chi connectivity index (χ2n) is 21.0. The number of aromatic nitrogens is 4. The molecule has 0 radical (unpaired) electrons. The summed E-state index contributed by atoms with van der Waals surface area (Å²) in [5.41, 5.74) is 21.3. The van der Waals surface area contributed by atoms with E-state index in [1.807, 2.05) is 12.1 Å². The van der Waals surface area contributed by atoms with Crippen LogP contribution >= 0.6 is 0 Å². The van der Waals surface area contributed by atoms with E-state index in [1.54, 1.807) is 24.8 Å². The summed E-state index contributed by atoms with van der Waals surface area (Å²) in [6.45, 7) is 0. The van der Waals surface area contributed by atoms with Crippen LogP contribution in [0.25, 0.3) is 56.8 Å². The molecule has 0 aliphatic heterocycles. The van der Waals surface area contributed by atoms with Crippen molar-refractivity contribution in [2.24, 2.45) is 0 Å². The smallest absolute Gasteiger partial charge is 0.159 e. The fourth-order valence-corrected chi connectivity index (χ4v) is 11.8. The minimum absolute atomic E-state index is 0.688. The molecule has 8 nitrogen and oxygen atoms in total. The van der Waals surface area contributed by atoms with Crippen molar-refractivity contribution in [1.82, 2.24) is 19.9 Å². The van der Waals surface area contributed by atoms with Gasteiger partial charge in [-0.1, -0.05) is 133 Å². The summed E-state index contributed by atoms with van der Waals surface area (Å²) in [5.74, 6) is 1.40. The first-order valence-corrected chi connectivity index (χ1v) is 28.4. The molecule has 0 amide bonds. The van der Waals surface area contributed by atoms with E-state index in [2.05, 4.69) is 295 Å². The first kappa shape index (κ1) is 50.5. The molecule has 2 aliphatic carbocycles. The van der Waals surface area contributed by atoms with Crippen LogP contribution in [0, 0.1) is 0 Å². The molecule has 0 N–H and O–H groups in total. The van der Waals surface area contributed by atoms with Gasteiger partial charge < -0.3 is 19.6 Å². The zero-order chi connectivity index (χ0) is 55.5. The second-order valence-corrected chi connectivity index (χ2v) is 21.0. The maximum absolute atomic E-state index is 4.60. The summed E-state index contributed by atoms with van der Waals surface area (Å²) in [7, 11) is 2.11. The average Bonchev–Trinajstić information content (AvgIpc) is 3.60. The van der Waals surface area contributed by atoms with E-state index in [9.17, 15) is 0 Å². The number of rotatable bonds is 14. The molecule has 0 atom stereocenters. The minimum atomic E-state index is 0.688. The Bertz CT molecular complexity index is 4330. The van der Waals surface area contributed by atoms with E-state index < -0.39 is 0 Å². The van der Waals surface area contributed by atoms with Gasteiger partial charge in [0.2, 0.25) is 0 Å². The second kappa shape index (κ2) is 22.4. The Morgan fingerprint density at radius 3 is 1.23 bits per heavy atom. The number of nitrogens with zero attached hydrogens (tertiary/aromatic N) is 8. The lowest BCUT2D eigenvalue weighted by Gasteiger charge is -2.31. The number of hydrogen-bond acceptors (Lipinski definition) is 8. The average molecular weight is 1070 g/mol. The Morgan fingerprint density at radius 2 is 0.711 bits per heavy atom. The van der Waals surface area contributed by atoms with Gasteiger partial charge >= 0.3 is 0 Å². The van der Waals surface area contributed by atoms with E-state index in [0.717, 1.165) is 116 Å². The third-order valence-corrected chi connectivity index (χ3v) is 16.0. The number of allylic oxidation sites excluding steroid dienone is 2. The van der Waals surface area contributed by atoms with Crippen LogP contribution < -0.4 is 19.6 Å². The summed E-state index contributed by atoms with van der Waals surface area (Å²) in [4.78, 5) is 27.6. The molecule has 0 saturated carbocycles. The molecule has 0 bridgehead atoms. The van der Waals surface area contributed by atoms with Gasteiger partial charge in [0, 0.05) is 105 Å². The Balaban J connectivity index is 0.796. The van der Waals surface area contributed by atoms with E-state index in [0.29, 0.717) is 11.6 Å². The first-order valence-electron chi connectivity index (χ1n) is 28.4. The van der Waals surface area contributed by atoms with E-state index in [-0.39, 0.29) is 0 Å². The highest BCUT2D eigenvalue weighted by molar-refractivity contribution is 5.99. The van der Waals surface area contributed by atoms with Gasteiger partial charge in [0.15, 0.2) is 11.6 Å². The van der Waals surface area contributed by atoms with Gasteiger partial charge in [0.05, 0.1) is 17.1 Å². The lowest BCUT2D eigenvalue weighted by Crippen LogP contribution is -2.14. The number of fused-ring (bicyclic) bond motifs is 3. The molecule has 2 aliphatic rings. The van der Waals surface area contributed by atoms with Crippen molar-refractivity contribution in [1.29, 1.82) is 0 Å². The summed E-state index contributed by atoms with van der Waals surface area (Å²) in [5, 5.41) is 2.34. The van der Waals surface area contributed by atoms with Gasteiger partial charge in [-0.05, 0) is 181 Å². The van der Waals surface area contributed by atoms with Gasteiger partial charge in [-0.2, -0.15) is 0 Å². The van der Waals surface area contributed by atoms with Crippen molar-refractivity contribution in [3.63, 3.8) is 0 Å². The van der Waals surface area contributed by atoms with Gasteiger partial charge in [-0.25, -0.2) is 19.9 Å². The number of anilines is 11. The molecule has 0 unspecified atom stereocenters. The lowest BCUT2D eigenvalue weighted by molar-refractivity contribution is 0.984. The van der Waals surface area contributed by atoms with Crippen LogP contribution in [-0.4, -0.2) is 27.0 Å². The van der Waals surface area contributed by atoms with Crippen molar-refractivity contribution in [2.45, 2.75) is 25.7 Å². The van der Waals surface area contributed by atoms with E-state index >= 15 is 0 Å². The Kier molecular flexibility index (Phi) is 13.7. The summed E-state index contributed by atoms with van der Waals surface area (Å²) < 4.78 is 0. The monoisotopic (exact) mass is 1070 g/mol. The summed E-state index contributed by atoms with van der Waals surface area (Å²) in [6.07, 6.45) is 20.5. The van der Waals surface area contributed by atoms with Gasteiger partial charge in [0.1, 0.15) is 0 Å². The van der Waals surface area contributed by atoms with Crippen LogP contribution in [0.15, 0.2) is 274 Å². The van der Waals surface area contributed by atoms with Crippen molar-refractivity contribution in [2.75, 3.05) is 26.6 Å². The highest BCUT2D eigenvalue weighted by Crippen LogP contribution is 2.46. The quantitative estimate of drug-likeness (QED) is 0.107. The molecule has 0 saturated heterocycles. The standard InChI is InChI=1S/C75H58N8/c1-80(66-23-8-21-58(51-66)74-76-47-13-48-77-74)60-39-41-63(42-40-60)81(71-28-10-18-55-15-2-5-25-68(55)71)61-35-31-53(32-36-61)54-33-37-62(38-34-54)82(72-29-11-19-56-16-3-6-26-69(56)72)64-43-45-65(46-44-64)83(73-30-12-20-57-17-4-7-27-70(57)73)67-24-9-22-59(52-67)75-78-49-14-50-79-75/h4-14,17-52H,2-3,15-16H2,1H3. The van der Waals surface area contributed by atoms with Gasteiger partial charge in [0.25, 0.3) is 0 Å². The van der Waals surface area contributed by atoms with Gasteiger partial charge in [-0.3, -0.25) is 0 Å². The van der Waals surface area contributed by atoms with Crippen molar-refractivity contribution in [3.05, 3.63) is 296 Å². The molecular weight excluding hydrogens is 1010 g/mol. The topological polar surface area (TPSA) is 64.5 Å². The van der Waals surface area contributed by atoms with Crippen LogP contribution in [0.4, 0.5) is 62.6 Å². The molecule has 8 heteroatoms. The molecule has 10 aromatic carbocycles. The maximum Gasteiger partial charge on any atom is 0.159 e. The lowest BCUT2D eigenvalue weighted by atomic mass is 9.94. The zero-order valence-corrected chi connectivity index (χ0v) is 46.0. The van der Waals surface area contributed by atoms with Crippen LogP contribution in [0.2, 0.25) is 0 Å². The zero-order valence-electron chi connectivity index (χ0n) is 46.0. The molecule has 2 aromatic heterocycles. The summed E-state index contributed by atoms with van der Waals surface area (Å²) in [6, 6.07) is 85.1. The predicted octanol–water partition coefficient (Wildman–Crippen LogP) is 19.5. The first-order chi connectivity index (χ1) is 41.1. The van der Waals surface area contributed by atoms with Crippen molar-refractivity contribution < 1.29 is 0 Å². The highest BCUT2D eigenvalue weighted by Gasteiger charge is 2.23. The van der Waals surface area contributed by atoms with Gasteiger partial charge in [-0.15, -0.1) is 0 Å². The fraction of sp³-hybridized carbons (Fsp3) is 0.0667. The van der Waals surface area contributed by atoms with Crippen LogP contribution in [0.5, 0.6) is 0 Å². The molecule has 2 heterocycles. The SMILES string of the molecule is CN(c1ccc(N(c2ccc(-c3ccc(N(c4ccc(N(c5cccc(-c6ncccn6)c5)c5cccc6ccccc56)cc4)c4cccc5c4C=CCC5)cc3)cc2)c2cccc3c2C=CCC3)cc1)c1cccc(-c2ncccn2)c1. The largest absolute Gasteiger partial charge is 0.345 e. The molecular formula is C75H58N8. The van der Waals surface area contributed by atoms with Crippen LogP contribution in [0.3, 0.4) is 0 Å². The third-order valence-electron chi connectivity index (χ3n) is 16.0. The van der Waals surface area contributed by atoms with Crippen molar-refractivity contribution in [3.8, 4) is 33.9 Å².